The summed E-state index contributed by atoms with van der Waals surface area (Å²) < 4.78 is 6.95. The molecule has 0 bridgehead atoms. The quantitative estimate of drug-likeness (QED) is 0.876. The number of aliphatic carboxylic acids is 1. The fourth-order valence-electron chi connectivity index (χ4n) is 1.92. The number of aryl methyl sites for hydroxylation is 1. The second kappa shape index (κ2) is 4.59. The van der Waals surface area contributed by atoms with E-state index in [9.17, 15) is 4.79 Å². The summed E-state index contributed by atoms with van der Waals surface area (Å²) in [5.74, 6) is -0.931. The highest BCUT2D eigenvalue weighted by Crippen LogP contribution is 2.18. The van der Waals surface area contributed by atoms with Crippen LogP contribution >= 0.6 is 0 Å². The maximum Gasteiger partial charge on any atom is 0.333 e. The lowest BCUT2D eigenvalue weighted by molar-refractivity contribution is -0.148. The van der Waals surface area contributed by atoms with Crippen LogP contribution < -0.4 is 0 Å². The van der Waals surface area contributed by atoms with Crippen molar-refractivity contribution in [3.63, 3.8) is 0 Å². The Balaban J connectivity index is 2.29. The van der Waals surface area contributed by atoms with E-state index >= 15 is 0 Å². The van der Waals surface area contributed by atoms with Crippen molar-refractivity contribution in [3.8, 4) is 0 Å². The third-order valence-electron chi connectivity index (χ3n) is 2.93. The molecule has 0 aliphatic carbocycles. The van der Waals surface area contributed by atoms with Crippen LogP contribution in [0.15, 0.2) is 30.5 Å². The predicted molar refractivity (Wildman–Crippen MR) is 65.1 cm³/mol. The number of hydrogen-bond acceptors (Lipinski definition) is 2. The number of methoxy groups -OCH3 is 1. The predicted octanol–water partition coefficient (Wildman–Crippen LogP) is 1.82. The minimum absolute atomic E-state index is 0.382. The van der Waals surface area contributed by atoms with Gasteiger partial charge >= 0.3 is 5.97 Å². The largest absolute Gasteiger partial charge is 0.479 e. The van der Waals surface area contributed by atoms with Crippen LogP contribution in [-0.4, -0.2) is 28.9 Å². The second-order valence-electron chi connectivity index (χ2n) is 4.09. The van der Waals surface area contributed by atoms with Gasteiger partial charge in [-0.15, -0.1) is 0 Å². The summed E-state index contributed by atoms with van der Waals surface area (Å²) in [5.41, 5.74) is 2.07. The summed E-state index contributed by atoms with van der Waals surface area (Å²) in [6.07, 6.45) is 1.58. The maximum atomic E-state index is 10.9. The number of nitrogens with zero attached hydrogens (tertiary/aromatic N) is 1. The Morgan fingerprint density at radius 3 is 2.88 bits per heavy atom. The monoisotopic (exact) mass is 233 g/mol. The van der Waals surface area contributed by atoms with E-state index in [0.29, 0.717) is 6.42 Å². The zero-order valence-corrected chi connectivity index (χ0v) is 9.88. The molecular weight excluding hydrogens is 218 g/mol. The number of carboxylic acid groups (broad SMARTS) is 1. The van der Waals surface area contributed by atoms with E-state index in [-0.39, 0.29) is 0 Å². The number of rotatable bonds is 4. The van der Waals surface area contributed by atoms with Gasteiger partial charge in [-0.05, 0) is 23.1 Å². The van der Waals surface area contributed by atoms with Crippen molar-refractivity contribution in [2.45, 2.75) is 12.5 Å². The van der Waals surface area contributed by atoms with E-state index in [1.165, 1.54) is 7.11 Å². The molecule has 1 atom stereocenters. The first kappa shape index (κ1) is 11.7. The molecule has 0 fully saturated rings. The fraction of sp³-hybridized carbons (Fsp3) is 0.308. The number of carbonyl (C=O) groups is 1. The van der Waals surface area contributed by atoms with Crippen LogP contribution in [-0.2, 0) is 23.0 Å². The summed E-state index contributed by atoms with van der Waals surface area (Å²) in [6.45, 7) is 0. The summed E-state index contributed by atoms with van der Waals surface area (Å²) in [5, 5.41) is 10.1. The molecule has 0 saturated heterocycles. The molecule has 17 heavy (non-hydrogen) atoms. The molecule has 0 amide bonds. The van der Waals surface area contributed by atoms with Crippen LogP contribution in [0.5, 0.6) is 0 Å². The number of carboxylic acids is 1. The minimum Gasteiger partial charge on any atom is -0.479 e. The Morgan fingerprint density at radius 1 is 1.47 bits per heavy atom. The van der Waals surface area contributed by atoms with Crippen molar-refractivity contribution in [1.82, 2.24) is 4.57 Å². The standard InChI is InChI=1S/C13H15NO3/c1-14-6-5-10-4-3-9(7-11(10)14)8-12(17-2)13(15)16/h3-7,12H,8H2,1-2H3,(H,15,16). The zero-order chi connectivity index (χ0) is 12.4. The lowest BCUT2D eigenvalue weighted by atomic mass is 10.1. The second-order valence-corrected chi connectivity index (χ2v) is 4.09. The van der Waals surface area contributed by atoms with Crippen LogP contribution in [0, 0.1) is 0 Å². The van der Waals surface area contributed by atoms with Gasteiger partial charge < -0.3 is 14.4 Å². The van der Waals surface area contributed by atoms with Crippen molar-refractivity contribution in [3.05, 3.63) is 36.0 Å². The molecule has 0 radical (unpaired) electrons. The Hall–Kier alpha value is -1.81. The van der Waals surface area contributed by atoms with Gasteiger partial charge in [-0.3, -0.25) is 0 Å². The Bertz CT molecular complexity index is 545. The third-order valence-corrected chi connectivity index (χ3v) is 2.93. The van der Waals surface area contributed by atoms with Crippen LogP contribution in [0.4, 0.5) is 0 Å². The molecule has 0 aliphatic rings. The van der Waals surface area contributed by atoms with E-state index in [2.05, 4.69) is 0 Å². The molecule has 90 valence electrons. The van der Waals surface area contributed by atoms with Gasteiger partial charge in [-0.2, -0.15) is 0 Å². The van der Waals surface area contributed by atoms with E-state index < -0.39 is 12.1 Å². The third kappa shape index (κ3) is 2.31. The first-order valence-corrected chi connectivity index (χ1v) is 5.41. The van der Waals surface area contributed by atoms with Crippen LogP contribution in [0.25, 0.3) is 10.9 Å². The van der Waals surface area contributed by atoms with Crippen molar-refractivity contribution in [2.75, 3.05) is 7.11 Å². The highest BCUT2D eigenvalue weighted by Gasteiger charge is 2.17. The summed E-state index contributed by atoms with van der Waals surface area (Å²) in [7, 11) is 3.39. The van der Waals surface area contributed by atoms with Gasteiger partial charge in [0.15, 0.2) is 6.10 Å². The summed E-state index contributed by atoms with van der Waals surface area (Å²) >= 11 is 0. The van der Waals surface area contributed by atoms with Gasteiger partial charge in [0.1, 0.15) is 0 Å². The smallest absolute Gasteiger partial charge is 0.333 e. The fourth-order valence-corrected chi connectivity index (χ4v) is 1.92. The highest BCUT2D eigenvalue weighted by molar-refractivity contribution is 5.81. The van der Waals surface area contributed by atoms with Gasteiger partial charge in [0.25, 0.3) is 0 Å². The Kier molecular flexibility index (Phi) is 3.15. The molecule has 4 nitrogen and oxygen atoms in total. The van der Waals surface area contributed by atoms with E-state index in [4.69, 9.17) is 9.84 Å². The number of hydrogen-bond donors (Lipinski definition) is 1. The van der Waals surface area contributed by atoms with E-state index in [0.717, 1.165) is 16.5 Å². The number of fused-ring (bicyclic) bond motifs is 1. The van der Waals surface area contributed by atoms with Gasteiger partial charge in [0, 0.05) is 32.3 Å². The first-order chi connectivity index (χ1) is 8.11. The van der Waals surface area contributed by atoms with Crippen LogP contribution in [0.3, 0.4) is 0 Å². The molecule has 1 aromatic heterocycles. The molecule has 2 rings (SSSR count). The molecule has 1 unspecified atom stereocenters. The Labute approximate surface area is 99.4 Å². The van der Waals surface area contributed by atoms with Crippen LogP contribution in [0.1, 0.15) is 5.56 Å². The molecule has 1 heterocycles. The SMILES string of the molecule is COC(Cc1ccc2ccn(C)c2c1)C(=O)O. The molecule has 1 aromatic carbocycles. The number of aromatic nitrogens is 1. The van der Waals surface area contributed by atoms with Crippen LogP contribution in [0.2, 0.25) is 0 Å². The summed E-state index contributed by atoms with van der Waals surface area (Å²) in [6, 6.07) is 7.98. The Morgan fingerprint density at radius 2 is 2.24 bits per heavy atom. The minimum atomic E-state index is -0.931. The topological polar surface area (TPSA) is 51.5 Å². The maximum absolute atomic E-state index is 10.9. The first-order valence-electron chi connectivity index (χ1n) is 5.41. The van der Waals surface area contributed by atoms with Gasteiger partial charge in [-0.1, -0.05) is 12.1 Å². The average Bonchev–Trinajstić information content (AvgIpc) is 2.67. The van der Waals surface area contributed by atoms with Crippen molar-refractivity contribution < 1.29 is 14.6 Å². The van der Waals surface area contributed by atoms with Crippen molar-refractivity contribution >= 4 is 16.9 Å². The lowest BCUT2D eigenvalue weighted by Crippen LogP contribution is -2.24. The van der Waals surface area contributed by atoms with Gasteiger partial charge in [0.2, 0.25) is 0 Å². The summed E-state index contributed by atoms with van der Waals surface area (Å²) in [4.78, 5) is 10.9. The van der Waals surface area contributed by atoms with Crippen molar-refractivity contribution in [2.24, 2.45) is 7.05 Å². The number of ether oxygens (including phenoxy) is 1. The number of benzene rings is 1. The zero-order valence-electron chi connectivity index (χ0n) is 9.88. The highest BCUT2D eigenvalue weighted by atomic mass is 16.5. The molecule has 2 aromatic rings. The molecule has 0 aliphatic heterocycles. The molecule has 0 saturated carbocycles. The average molecular weight is 233 g/mol. The lowest BCUT2D eigenvalue weighted by Gasteiger charge is -2.10. The molecule has 0 spiro atoms. The van der Waals surface area contributed by atoms with E-state index in [1.807, 2.05) is 42.1 Å². The van der Waals surface area contributed by atoms with Crippen molar-refractivity contribution in [1.29, 1.82) is 0 Å². The molecular formula is C13H15NO3. The normalized spacial score (nSPS) is 12.8. The molecule has 1 N–H and O–H groups in total. The molecule has 4 heteroatoms. The van der Waals surface area contributed by atoms with Gasteiger partial charge in [-0.25, -0.2) is 4.79 Å². The van der Waals surface area contributed by atoms with E-state index in [1.54, 1.807) is 0 Å². The van der Waals surface area contributed by atoms with Gasteiger partial charge in [0.05, 0.1) is 0 Å².